The van der Waals surface area contributed by atoms with E-state index < -0.39 is 5.82 Å². The summed E-state index contributed by atoms with van der Waals surface area (Å²) in [6, 6.07) is 15.0. The number of amides is 1. The lowest BCUT2D eigenvalue weighted by Crippen LogP contribution is -2.14. The van der Waals surface area contributed by atoms with Gasteiger partial charge in [-0.05, 0) is 43.7 Å². The summed E-state index contributed by atoms with van der Waals surface area (Å²) in [6.45, 7) is 3.66. The number of hydrogen-bond donors (Lipinski definition) is 3. The first kappa shape index (κ1) is 20.9. The topological polar surface area (TPSA) is 118 Å². The largest absolute Gasteiger partial charge is 0.424 e. The van der Waals surface area contributed by atoms with Crippen LogP contribution in [0.25, 0.3) is 0 Å². The number of carbonyl (C=O) groups is 1. The minimum Gasteiger partial charge on any atom is -0.424 e. The number of anilines is 3. The molecule has 10 heteroatoms. The minimum atomic E-state index is -0.422. The molecule has 4 aromatic rings. The molecule has 1 amide bonds. The lowest BCUT2D eigenvalue weighted by molar-refractivity contribution is -0.115. The van der Waals surface area contributed by atoms with Crippen LogP contribution in [-0.4, -0.2) is 31.1 Å². The van der Waals surface area contributed by atoms with E-state index in [-0.39, 0.29) is 24.3 Å². The smallest absolute Gasteiger partial charge is 0.327 e. The molecule has 9 nitrogen and oxygen atoms in total. The van der Waals surface area contributed by atoms with Gasteiger partial charge in [0.1, 0.15) is 17.4 Å². The number of H-pyrrole nitrogens is 1. The number of carbonyl (C=O) groups excluding carboxylic acids is 1. The van der Waals surface area contributed by atoms with Crippen molar-refractivity contribution >= 4 is 23.4 Å². The highest BCUT2D eigenvalue weighted by atomic mass is 19.1. The molecule has 2 aromatic heterocycles. The van der Waals surface area contributed by atoms with Gasteiger partial charge in [0.05, 0.1) is 6.42 Å². The van der Waals surface area contributed by atoms with Crippen molar-refractivity contribution in [1.82, 2.24) is 25.1 Å². The summed E-state index contributed by atoms with van der Waals surface area (Å²) in [6.07, 6.45) is 0.0308. The second-order valence-corrected chi connectivity index (χ2v) is 7.00. The third-order valence-electron chi connectivity index (χ3n) is 4.35. The monoisotopic (exact) mass is 433 g/mol. The van der Waals surface area contributed by atoms with Gasteiger partial charge in [-0.15, -0.1) is 0 Å². The molecule has 162 valence electrons. The van der Waals surface area contributed by atoms with E-state index >= 15 is 0 Å². The van der Waals surface area contributed by atoms with Crippen LogP contribution in [0.15, 0.2) is 54.6 Å². The summed E-state index contributed by atoms with van der Waals surface area (Å²) in [5.41, 5.74) is 1.90. The molecule has 0 saturated carbocycles. The molecule has 0 bridgehead atoms. The highest BCUT2D eigenvalue weighted by Crippen LogP contribution is 2.23. The number of para-hydroxylation sites is 1. The first-order chi connectivity index (χ1) is 15.4. The van der Waals surface area contributed by atoms with Crippen LogP contribution in [0.1, 0.15) is 17.1 Å². The fraction of sp³-hybridized carbons (Fsp3) is 0.136. The van der Waals surface area contributed by atoms with E-state index in [1.54, 1.807) is 19.1 Å². The van der Waals surface area contributed by atoms with Gasteiger partial charge in [0.2, 0.25) is 11.9 Å². The van der Waals surface area contributed by atoms with Crippen molar-refractivity contribution in [3.63, 3.8) is 0 Å². The first-order valence-corrected chi connectivity index (χ1v) is 9.77. The molecule has 0 atom stereocenters. The number of rotatable bonds is 7. The van der Waals surface area contributed by atoms with Gasteiger partial charge < -0.3 is 15.4 Å². The predicted molar refractivity (Wildman–Crippen MR) is 116 cm³/mol. The lowest BCUT2D eigenvalue weighted by atomic mass is 10.2. The van der Waals surface area contributed by atoms with Crippen molar-refractivity contribution in [2.75, 3.05) is 10.6 Å². The number of nitrogens with zero attached hydrogens (tertiary/aromatic N) is 4. The fourth-order valence-corrected chi connectivity index (χ4v) is 2.90. The van der Waals surface area contributed by atoms with Gasteiger partial charge in [0.25, 0.3) is 0 Å². The van der Waals surface area contributed by atoms with Crippen LogP contribution in [0.5, 0.6) is 11.8 Å². The molecule has 0 saturated heterocycles. The molecule has 2 aromatic carbocycles. The van der Waals surface area contributed by atoms with E-state index in [9.17, 15) is 9.18 Å². The maximum Gasteiger partial charge on any atom is 0.327 e. The third-order valence-corrected chi connectivity index (χ3v) is 4.35. The van der Waals surface area contributed by atoms with Gasteiger partial charge in [-0.3, -0.25) is 9.89 Å². The van der Waals surface area contributed by atoms with E-state index in [2.05, 4.69) is 35.8 Å². The van der Waals surface area contributed by atoms with Crippen LogP contribution in [0.4, 0.5) is 21.8 Å². The third kappa shape index (κ3) is 5.42. The van der Waals surface area contributed by atoms with Crippen LogP contribution in [0.3, 0.4) is 0 Å². The molecule has 3 N–H and O–H groups in total. The summed E-state index contributed by atoms with van der Waals surface area (Å²) >= 11 is 0. The summed E-state index contributed by atoms with van der Waals surface area (Å²) in [7, 11) is 0. The number of aromatic nitrogens is 5. The fourth-order valence-electron chi connectivity index (χ4n) is 2.90. The molecule has 32 heavy (non-hydrogen) atoms. The second-order valence-electron chi connectivity index (χ2n) is 7.00. The average molecular weight is 433 g/mol. The van der Waals surface area contributed by atoms with Crippen molar-refractivity contribution < 1.29 is 13.9 Å². The van der Waals surface area contributed by atoms with Crippen LogP contribution in [0, 0.1) is 19.7 Å². The zero-order chi connectivity index (χ0) is 22.5. The van der Waals surface area contributed by atoms with Crippen LogP contribution < -0.4 is 15.4 Å². The number of nitrogens with one attached hydrogen (secondary N) is 3. The Labute approximate surface area is 183 Å². The number of benzene rings is 2. The highest BCUT2D eigenvalue weighted by molar-refractivity contribution is 5.92. The summed E-state index contributed by atoms with van der Waals surface area (Å²) in [5.74, 6) is 1.06. The standard InChI is InChI=1S/C22H20FN7O2/c1-13-6-3-4-9-18(13)32-22-25-14(2)24-21(28-22)27-19-11-17(29-30-19)12-20(31)26-16-8-5-7-15(23)10-16/h3-11H,12H2,1-2H3,(H,26,31)(H2,24,25,27,28,29,30). The molecule has 2 heterocycles. The summed E-state index contributed by atoms with van der Waals surface area (Å²) in [4.78, 5) is 24.9. The van der Waals surface area contributed by atoms with E-state index in [1.165, 1.54) is 18.2 Å². The van der Waals surface area contributed by atoms with E-state index in [0.29, 0.717) is 28.8 Å². The van der Waals surface area contributed by atoms with Gasteiger partial charge in [0.15, 0.2) is 5.82 Å². The quantitative estimate of drug-likeness (QED) is 0.402. The average Bonchev–Trinajstić information content (AvgIpc) is 3.15. The second kappa shape index (κ2) is 9.21. The maximum absolute atomic E-state index is 13.3. The Bertz CT molecular complexity index is 1260. The SMILES string of the molecule is Cc1nc(Nc2cc(CC(=O)Nc3cccc(F)c3)[nH]n2)nc(Oc2ccccc2C)n1. The molecule has 0 spiro atoms. The molecule has 0 aliphatic carbocycles. The normalized spacial score (nSPS) is 10.6. The molecule has 0 radical (unpaired) electrons. The summed E-state index contributed by atoms with van der Waals surface area (Å²) in [5, 5.41) is 12.5. The maximum atomic E-state index is 13.3. The van der Waals surface area contributed by atoms with Gasteiger partial charge in [-0.1, -0.05) is 24.3 Å². The predicted octanol–water partition coefficient (Wildman–Crippen LogP) is 4.07. The van der Waals surface area contributed by atoms with Gasteiger partial charge in [0, 0.05) is 17.4 Å². The van der Waals surface area contributed by atoms with Gasteiger partial charge >= 0.3 is 6.01 Å². The molecule has 0 fully saturated rings. The van der Waals surface area contributed by atoms with Crippen LogP contribution in [-0.2, 0) is 11.2 Å². The van der Waals surface area contributed by atoms with Crippen molar-refractivity contribution in [2.45, 2.75) is 20.3 Å². The van der Waals surface area contributed by atoms with Gasteiger partial charge in [-0.2, -0.15) is 20.1 Å². The van der Waals surface area contributed by atoms with Crippen molar-refractivity contribution in [3.8, 4) is 11.8 Å². The van der Waals surface area contributed by atoms with E-state index in [0.717, 1.165) is 5.56 Å². The Morgan fingerprint density at radius 3 is 2.72 bits per heavy atom. The number of ether oxygens (including phenoxy) is 1. The Morgan fingerprint density at radius 1 is 1.06 bits per heavy atom. The molecular weight excluding hydrogens is 413 g/mol. The van der Waals surface area contributed by atoms with Crippen molar-refractivity contribution in [2.24, 2.45) is 0 Å². The van der Waals surface area contributed by atoms with E-state index in [4.69, 9.17) is 4.74 Å². The molecule has 4 rings (SSSR count). The molecule has 0 aliphatic heterocycles. The van der Waals surface area contributed by atoms with Crippen molar-refractivity contribution in [1.29, 1.82) is 0 Å². The Morgan fingerprint density at radius 2 is 1.91 bits per heavy atom. The Balaban J connectivity index is 1.41. The Hall–Kier alpha value is -4.34. The minimum absolute atomic E-state index is 0.0308. The zero-order valence-electron chi connectivity index (χ0n) is 17.4. The highest BCUT2D eigenvalue weighted by Gasteiger charge is 2.11. The van der Waals surface area contributed by atoms with Gasteiger partial charge in [-0.25, -0.2) is 4.39 Å². The van der Waals surface area contributed by atoms with Crippen LogP contribution >= 0.6 is 0 Å². The first-order valence-electron chi connectivity index (χ1n) is 9.77. The summed E-state index contributed by atoms with van der Waals surface area (Å²) < 4.78 is 19.0. The molecule has 0 aliphatic rings. The molecular formula is C22H20FN7O2. The number of aryl methyl sites for hydroxylation is 2. The van der Waals surface area contributed by atoms with Crippen LogP contribution in [0.2, 0.25) is 0 Å². The number of aromatic amines is 1. The van der Waals surface area contributed by atoms with E-state index in [1.807, 2.05) is 31.2 Å². The number of halogens is 1. The molecule has 0 unspecified atom stereocenters. The lowest BCUT2D eigenvalue weighted by Gasteiger charge is -2.08. The zero-order valence-corrected chi connectivity index (χ0v) is 17.4. The Kier molecular flexibility index (Phi) is 6.02. The number of hydrogen-bond acceptors (Lipinski definition) is 7. The van der Waals surface area contributed by atoms with Crippen molar-refractivity contribution in [3.05, 3.63) is 77.5 Å².